The summed E-state index contributed by atoms with van der Waals surface area (Å²) in [6.45, 7) is -0.729. The molecule has 0 saturated heterocycles. The van der Waals surface area contributed by atoms with Crippen LogP contribution in [0, 0.1) is 0 Å². The van der Waals surface area contributed by atoms with Gasteiger partial charge in [0.1, 0.15) is 6.10 Å². The van der Waals surface area contributed by atoms with Crippen LogP contribution in [0.2, 0.25) is 0 Å². The fourth-order valence-corrected chi connectivity index (χ4v) is 2.08. The Morgan fingerprint density at radius 2 is 1.25 bits per heavy atom. The predicted octanol–water partition coefficient (Wildman–Crippen LogP) is 1.24. The summed E-state index contributed by atoms with van der Waals surface area (Å²) in [7, 11) is 3.59. The minimum Gasteiger partial charge on any atom is -0.394 e. The molecular weight excluding hydrogens is 306 g/mol. The van der Waals surface area contributed by atoms with Crippen molar-refractivity contribution in [2.45, 2.75) is 12.0 Å². The molecule has 0 aliphatic heterocycles. The summed E-state index contributed by atoms with van der Waals surface area (Å²) in [5.74, 6) is -0.116. The van der Waals surface area contributed by atoms with Gasteiger partial charge in [0.15, 0.2) is 0 Å². The van der Waals surface area contributed by atoms with Gasteiger partial charge in [-0.15, -0.1) is 0 Å². The summed E-state index contributed by atoms with van der Waals surface area (Å²) in [6.07, 6.45) is -0.954. The van der Waals surface area contributed by atoms with E-state index in [0.717, 1.165) is 11.1 Å². The minimum atomic E-state index is -0.954. The first-order chi connectivity index (χ1) is 11.5. The second kappa shape index (κ2) is 10.5. The maximum Gasteiger partial charge on any atom is 0.234 e. The fourth-order valence-electron chi connectivity index (χ4n) is 2.08. The Balaban J connectivity index is 0.000000413. The van der Waals surface area contributed by atoms with E-state index in [1.165, 1.54) is 0 Å². The first-order valence-corrected chi connectivity index (χ1v) is 7.72. The molecule has 2 aromatic rings. The predicted molar refractivity (Wildman–Crippen MR) is 93.6 cm³/mol. The van der Waals surface area contributed by atoms with Crippen molar-refractivity contribution in [2.75, 3.05) is 27.3 Å². The molecule has 1 amide bonds. The Morgan fingerprint density at radius 1 is 0.875 bits per heavy atom. The molecular formula is C19H25NO4. The molecule has 5 nitrogen and oxygen atoms in total. The number of aliphatic hydroxyl groups excluding tert-OH is 3. The van der Waals surface area contributed by atoms with Crippen molar-refractivity contribution >= 4 is 5.91 Å². The number of carbonyl (C=O) groups excluding carboxylic acids is 1. The molecule has 0 fully saturated rings. The van der Waals surface area contributed by atoms with Gasteiger partial charge in [-0.1, -0.05) is 60.7 Å². The fraction of sp³-hybridized carbons (Fsp3) is 0.316. The molecule has 24 heavy (non-hydrogen) atoms. The van der Waals surface area contributed by atoms with Gasteiger partial charge >= 0.3 is 0 Å². The standard InChI is InChI=1S/C16H17NO.C3H8O3/c1-17(2)16(18)15(13-9-5-3-6-10-13)14-11-7-4-8-12-14;4-1-3(6)2-5/h3-12,15H,1-2H3;3-6H,1-2H2. The largest absolute Gasteiger partial charge is 0.394 e. The highest BCUT2D eigenvalue weighted by Crippen LogP contribution is 2.25. The summed E-state index contributed by atoms with van der Waals surface area (Å²) in [6, 6.07) is 19.8. The van der Waals surface area contributed by atoms with Crippen molar-refractivity contribution in [2.24, 2.45) is 0 Å². The number of carbonyl (C=O) groups is 1. The second-order valence-corrected chi connectivity index (χ2v) is 5.51. The van der Waals surface area contributed by atoms with Gasteiger partial charge in [0.25, 0.3) is 0 Å². The molecule has 0 bridgehead atoms. The summed E-state index contributed by atoms with van der Waals surface area (Å²) >= 11 is 0. The Morgan fingerprint density at radius 3 is 1.50 bits per heavy atom. The average molecular weight is 331 g/mol. The molecule has 0 radical (unpaired) electrons. The second-order valence-electron chi connectivity index (χ2n) is 5.51. The highest BCUT2D eigenvalue weighted by molar-refractivity contribution is 5.86. The molecule has 0 aromatic heterocycles. The van der Waals surface area contributed by atoms with E-state index in [1.807, 2.05) is 60.7 Å². The molecule has 0 spiro atoms. The molecule has 0 saturated carbocycles. The Hall–Kier alpha value is -2.21. The van der Waals surface area contributed by atoms with Gasteiger partial charge in [-0.05, 0) is 11.1 Å². The van der Waals surface area contributed by atoms with Crippen molar-refractivity contribution in [1.29, 1.82) is 0 Å². The average Bonchev–Trinajstić information content (AvgIpc) is 2.63. The summed E-state index contributed by atoms with van der Waals surface area (Å²) in [5.41, 5.74) is 2.06. The Labute approximate surface area is 142 Å². The van der Waals surface area contributed by atoms with Crippen LogP contribution in [0.25, 0.3) is 0 Å². The molecule has 0 atom stereocenters. The van der Waals surface area contributed by atoms with Gasteiger partial charge in [0.05, 0.1) is 19.1 Å². The van der Waals surface area contributed by atoms with Crippen molar-refractivity contribution in [3.8, 4) is 0 Å². The lowest BCUT2D eigenvalue weighted by Gasteiger charge is -2.21. The van der Waals surface area contributed by atoms with Gasteiger partial charge in [-0.25, -0.2) is 0 Å². The number of benzene rings is 2. The topological polar surface area (TPSA) is 81.0 Å². The van der Waals surface area contributed by atoms with E-state index in [1.54, 1.807) is 19.0 Å². The van der Waals surface area contributed by atoms with Crippen LogP contribution >= 0.6 is 0 Å². The summed E-state index contributed by atoms with van der Waals surface area (Å²) in [4.78, 5) is 14.0. The van der Waals surface area contributed by atoms with Crippen molar-refractivity contribution < 1.29 is 20.1 Å². The van der Waals surface area contributed by atoms with Gasteiger partial charge in [-0.3, -0.25) is 4.79 Å². The van der Waals surface area contributed by atoms with Crippen LogP contribution < -0.4 is 0 Å². The van der Waals surface area contributed by atoms with Crippen LogP contribution in [-0.2, 0) is 4.79 Å². The number of rotatable bonds is 5. The Kier molecular flexibility index (Phi) is 8.71. The summed E-state index contributed by atoms with van der Waals surface area (Å²) < 4.78 is 0. The summed E-state index contributed by atoms with van der Waals surface area (Å²) in [5, 5.41) is 24.0. The smallest absolute Gasteiger partial charge is 0.234 e. The lowest BCUT2D eigenvalue weighted by atomic mass is 9.90. The maximum atomic E-state index is 12.4. The molecule has 2 aromatic carbocycles. The van der Waals surface area contributed by atoms with Crippen LogP contribution in [0.5, 0.6) is 0 Å². The van der Waals surface area contributed by atoms with E-state index in [-0.39, 0.29) is 25.0 Å². The molecule has 3 N–H and O–H groups in total. The first-order valence-electron chi connectivity index (χ1n) is 7.72. The Bertz CT molecular complexity index is 543. The number of amides is 1. The molecule has 0 aliphatic carbocycles. The van der Waals surface area contributed by atoms with E-state index < -0.39 is 6.10 Å². The van der Waals surface area contributed by atoms with E-state index >= 15 is 0 Å². The van der Waals surface area contributed by atoms with Crippen LogP contribution in [-0.4, -0.2) is 59.5 Å². The lowest BCUT2D eigenvalue weighted by Crippen LogP contribution is -2.28. The van der Waals surface area contributed by atoms with Gasteiger partial charge in [0.2, 0.25) is 5.91 Å². The molecule has 2 rings (SSSR count). The number of nitrogens with zero attached hydrogens (tertiary/aromatic N) is 1. The molecule has 0 aliphatic rings. The van der Waals surface area contributed by atoms with Crippen LogP contribution in [0.1, 0.15) is 17.0 Å². The zero-order chi connectivity index (χ0) is 17.9. The van der Waals surface area contributed by atoms with Gasteiger partial charge in [-0.2, -0.15) is 0 Å². The van der Waals surface area contributed by atoms with Crippen molar-refractivity contribution in [3.05, 3.63) is 71.8 Å². The van der Waals surface area contributed by atoms with E-state index in [4.69, 9.17) is 15.3 Å². The van der Waals surface area contributed by atoms with E-state index in [0.29, 0.717) is 0 Å². The number of hydrogen-bond donors (Lipinski definition) is 3. The molecule has 5 heteroatoms. The highest BCUT2D eigenvalue weighted by Gasteiger charge is 2.23. The molecule has 0 unspecified atom stereocenters. The maximum absolute atomic E-state index is 12.4. The van der Waals surface area contributed by atoms with E-state index in [9.17, 15) is 4.79 Å². The van der Waals surface area contributed by atoms with Gasteiger partial charge < -0.3 is 20.2 Å². The quantitative estimate of drug-likeness (QED) is 0.770. The van der Waals surface area contributed by atoms with Gasteiger partial charge in [0, 0.05) is 14.1 Å². The lowest BCUT2D eigenvalue weighted by molar-refractivity contribution is -0.129. The third-order valence-corrected chi connectivity index (χ3v) is 3.38. The monoisotopic (exact) mass is 331 g/mol. The zero-order valence-electron chi connectivity index (χ0n) is 14.0. The number of aliphatic hydroxyl groups is 3. The van der Waals surface area contributed by atoms with Crippen molar-refractivity contribution in [3.63, 3.8) is 0 Å². The first kappa shape index (κ1) is 19.8. The SMILES string of the molecule is CN(C)C(=O)C(c1ccccc1)c1ccccc1.OCC(O)CO. The van der Waals surface area contributed by atoms with Crippen LogP contribution in [0.4, 0.5) is 0 Å². The minimum absolute atomic E-state index is 0.104. The third kappa shape index (κ3) is 6.12. The highest BCUT2D eigenvalue weighted by atomic mass is 16.3. The van der Waals surface area contributed by atoms with Crippen molar-refractivity contribution in [1.82, 2.24) is 4.90 Å². The third-order valence-electron chi connectivity index (χ3n) is 3.38. The zero-order valence-corrected chi connectivity index (χ0v) is 14.0. The number of likely N-dealkylation sites (N-methyl/N-ethyl adjacent to an activating group) is 1. The van der Waals surface area contributed by atoms with Crippen LogP contribution in [0.3, 0.4) is 0 Å². The normalized spacial score (nSPS) is 10.3. The van der Waals surface area contributed by atoms with Crippen LogP contribution in [0.15, 0.2) is 60.7 Å². The molecule has 130 valence electrons. The van der Waals surface area contributed by atoms with E-state index in [2.05, 4.69) is 0 Å². The number of hydrogen-bond acceptors (Lipinski definition) is 4. The molecule has 0 heterocycles.